The third kappa shape index (κ3) is 4.35. The van der Waals surface area contributed by atoms with Crippen molar-refractivity contribution in [2.45, 2.75) is 20.8 Å². The number of hydrogen-bond donors (Lipinski definition) is 1. The van der Waals surface area contributed by atoms with Crippen molar-refractivity contribution in [3.63, 3.8) is 0 Å². The van der Waals surface area contributed by atoms with Crippen LogP contribution in [0.25, 0.3) is 10.9 Å². The number of hydrogen-bond acceptors (Lipinski definition) is 7. The Morgan fingerprint density at radius 3 is 2.43 bits per heavy atom. The number of aryl methyl sites for hydroxylation is 1. The number of esters is 2. The van der Waals surface area contributed by atoms with Crippen molar-refractivity contribution in [2.75, 3.05) is 25.6 Å². The Morgan fingerprint density at radius 1 is 1.00 bits per heavy atom. The molecule has 1 heterocycles. The lowest BCUT2D eigenvalue weighted by Crippen LogP contribution is -2.10. The van der Waals surface area contributed by atoms with Crippen LogP contribution in [-0.2, 0) is 9.47 Å². The minimum Gasteiger partial charge on any atom is -0.495 e. The summed E-state index contributed by atoms with van der Waals surface area (Å²) in [5.41, 5.74) is 3.41. The zero-order valence-corrected chi connectivity index (χ0v) is 17.4. The van der Waals surface area contributed by atoms with Crippen LogP contribution in [0.2, 0.25) is 0 Å². The molecule has 1 aromatic heterocycles. The highest BCUT2D eigenvalue weighted by molar-refractivity contribution is 6.08. The van der Waals surface area contributed by atoms with E-state index in [0.717, 1.165) is 5.56 Å². The number of carbonyl (C=O) groups is 2. The van der Waals surface area contributed by atoms with Gasteiger partial charge in [0.2, 0.25) is 0 Å². The van der Waals surface area contributed by atoms with Crippen LogP contribution in [0.1, 0.15) is 40.1 Å². The fourth-order valence-electron chi connectivity index (χ4n) is 3.09. The molecule has 0 unspecified atom stereocenters. The number of aromatic nitrogens is 1. The lowest BCUT2D eigenvalue weighted by molar-refractivity contribution is 0.0518. The highest BCUT2D eigenvalue weighted by Gasteiger charge is 2.19. The summed E-state index contributed by atoms with van der Waals surface area (Å²) in [4.78, 5) is 29.2. The molecule has 0 atom stereocenters. The van der Waals surface area contributed by atoms with Gasteiger partial charge in [0.1, 0.15) is 11.3 Å². The second kappa shape index (κ2) is 9.26. The monoisotopic (exact) mass is 408 g/mol. The first-order chi connectivity index (χ1) is 14.5. The largest absolute Gasteiger partial charge is 0.495 e. The van der Waals surface area contributed by atoms with Gasteiger partial charge in [0.05, 0.1) is 42.8 Å². The molecule has 0 fully saturated rings. The summed E-state index contributed by atoms with van der Waals surface area (Å²) in [5, 5.41) is 3.89. The molecule has 0 saturated carbocycles. The summed E-state index contributed by atoms with van der Waals surface area (Å²) in [6.45, 7) is 5.94. The van der Waals surface area contributed by atoms with Gasteiger partial charge in [-0.05, 0) is 56.7 Å². The number of nitrogens with zero attached hydrogens (tertiary/aromatic N) is 1. The molecule has 0 saturated heterocycles. The van der Waals surface area contributed by atoms with Crippen LogP contribution in [0.3, 0.4) is 0 Å². The molecule has 2 aromatic carbocycles. The quantitative estimate of drug-likeness (QED) is 0.570. The average molecular weight is 408 g/mol. The minimum absolute atomic E-state index is 0.229. The zero-order chi connectivity index (χ0) is 21.7. The Labute approximate surface area is 175 Å². The normalized spacial score (nSPS) is 10.5. The van der Waals surface area contributed by atoms with E-state index >= 15 is 0 Å². The Balaban J connectivity index is 2.22. The first kappa shape index (κ1) is 21.1. The maximum atomic E-state index is 12.6. The second-order valence-corrected chi connectivity index (χ2v) is 6.55. The summed E-state index contributed by atoms with van der Waals surface area (Å²) in [6, 6.07) is 10.7. The number of pyridine rings is 1. The van der Waals surface area contributed by atoms with Crippen LogP contribution in [0.15, 0.2) is 42.6 Å². The highest BCUT2D eigenvalue weighted by atomic mass is 16.5. The van der Waals surface area contributed by atoms with Crippen LogP contribution < -0.4 is 10.1 Å². The Morgan fingerprint density at radius 2 is 1.73 bits per heavy atom. The molecular weight excluding hydrogens is 384 g/mol. The number of ether oxygens (including phenoxy) is 3. The molecular formula is C23H24N2O5. The second-order valence-electron chi connectivity index (χ2n) is 6.55. The molecule has 30 heavy (non-hydrogen) atoms. The summed E-state index contributed by atoms with van der Waals surface area (Å²) in [7, 11) is 1.58. The molecule has 0 aliphatic rings. The van der Waals surface area contributed by atoms with Crippen LogP contribution in [0, 0.1) is 6.92 Å². The molecule has 1 N–H and O–H groups in total. The predicted octanol–water partition coefficient (Wildman–Crippen LogP) is 4.65. The molecule has 7 heteroatoms. The number of methoxy groups -OCH3 is 1. The number of nitrogens with one attached hydrogen (secondary N) is 1. The Hall–Kier alpha value is -3.61. The van der Waals surface area contributed by atoms with Gasteiger partial charge in [-0.25, -0.2) is 9.59 Å². The van der Waals surface area contributed by atoms with Crippen LogP contribution in [-0.4, -0.2) is 37.2 Å². The zero-order valence-electron chi connectivity index (χ0n) is 17.4. The van der Waals surface area contributed by atoms with E-state index in [2.05, 4.69) is 10.3 Å². The molecule has 0 bridgehead atoms. The van der Waals surface area contributed by atoms with E-state index in [9.17, 15) is 9.59 Å². The maximum Gasteiger partial charge on any atom is 0.341 e. The molecule has 0 radical (unpaired) electrons. The van der Waals surface area contributed by atoms with Crippen molar-refractivity contribution in [2.24, 2.45) is 0 Å². The van der Waals surface area contributed by atoms with Gasteiger partial charge in [-0.15, -0.1) is 0 Å². The number of rotatable bonds is 7. The SMILES string of the molecule is CCOC(=O)c1ccc2ncc(C(=O)OCC)c(Nc3cc(C)ccc3OC)c2c1. The van der Waals surface area contributed by atoms with Crippen molar-refractivity contribution >= 4 is 34.2 Å². The number of anilines is 2. The third-order valence-electron chi connectivity index (χ3n) is 4.49. The Bertz CT molecular complexity index is 1090. The lowest BCUT2D eigenvalue weighted by Gasteiger charge is -2.17. The van der Waals surface area contributed by atoms with Gasteiger partial charge in [0.25, 0.3) is 0 Å². The molecule has 3 aromatic rings. The van der Waals surface area contributed by atoms with Gasteiger partial charge in [0, 0.05) is 11.6 Å². The van der Waals surface area contributed by atoms with Gasteiger partial charge in [-0.1, -0.05) is 6.07 Å². The number of fused-ring (bicyclic) bond motifs is 1. The molecule has 0 aliphatic heterocycles. The third-order valence-corrected chi connectivity index (χ3v) is 4.49. The molecule has 0 aliphatic carbocycles. The fourth-order valence-corrected chi connectivity index (χ4v) is 3.09. The number of carbonyl (C=O) groups excluding carboxylic acids is 2. The van der Waals surface area contributed by atoms with Gasteiger partial charge >= 0.3 is 11.9 Å². The lowest BCUT2D eigenvalue weighted by atomic mass is 10.1. The maximum absolute atomic E-state index is 12.6. The summed E-state index contributed by atoms with van der Waals surface area (Å²) < 4.78 is 15.8. The van der Waals surface area contributed by atoms with Crippen LogP contribution in [0.4, 0.5) is 11.4 Å². The van der Waals surface area contributed by atoms with Crippen molar-refractivity contribution in [1.82, 2.24) is 4.98 Å². The smallest absolute Gasteiger partial charge is 0.341 e. The van der Waals surface area contributed by atoms with Gasteiger partial charge in [-0.2, -0.15) is 0 Å². The van der Waals surface area contributed by atoms with E-state index in [-0.39, 0.29) is 18.8 Å². The van der Waals surface area contributed by atoms with E-state index in [4.69, 9.17) is 14.2 Å². The van der Waals surface area contributed by atoms with Gasteiger partial charge in [0.15, 0.2) is 0 Å². The molecule has 3 rings (SSSR count). The fraction of sp³-hybridized carbons (Fsp3) is 0.261. The highest BCUT2D eigenvalue weighted by Crippen LogP contribution is 2.34. The van der Waals surface area contributed by atoms with E-state index in [1.807, 2.05) is 25.1 Å². The summed E-state index contributed by atoms with van der Waals surface area (Å²) in [6.07, 6.45) is 1.47. The minimum atomic E-state index is -0.512. The first-order valence-electron chi connectivity index (χ1n) is 9.67. The van der Waals surface area contributed by atoms with E-state index in [0.29, 0.717) is 33.6 Å². The topological polar surface area (TPSA) is 86.8 Å². The van der Waals surface area contributed by atoms with E-state index in [1.165, 1.54) is 6.20 Å². The van der Waals surface area contributed by atoms with Crippen LogP contribution in [0.5, 0.6) is 5.75 Å². The van der Waals surface area contributed by atoms with Gasteiger partial charge < -0.3 is 19.5 Å². The van der Waals surface area contributed by atoms with Crippen molar-refractivity contribution in [1.29, 1.82) is 0 Å². The predicted molar refractivity (Wildman–Crippen MR) is 115 cm³/mol. The molecule has 7 nitrogen and oxygen atoms in total. The van der Waals surface area contributed by atoms with Gasteiger partial charge in [-0.3, -0.25) is 4.98 Å². The summed E-state index contributed by atoms with van der Waals surface area (Å²) in [5.74, 6) is -0.343. The van der Waals surface area contributed by atoms with Crippen LogP contribution >= 0.6 is 0 Å². The standard InChI is InChI=1S/C23H24N2O5/c1-5-29-22(26)15-8-9-18-16(12-15)21(17(13-24-18)23(27)30-6-2)25-19-11-14(3)7-10-20(19)28-4/h7-13H,5-6H2,1-4H3,(H,24,25). The summed E-state index contributed by atoms with van der Waals surface area (Å²) >= 11 is 0. The Kier molecular flexibility index (Phi) is 6.51. The molecule has 156 valence electrons. The van der Waals surface area contributed by atoms with Crippen molar-refractivity contribution < 1.29 is 23.8 Å². The average Bonchev–Trinajstić information content (AvgIpc) is 2.74. The first-order valence-corrected chi connectivity index (χ1v) is 9.67. The molecule has 0 amide bonds. The van der Waals surface area contributed by atoms with E-state index in [1.54, 1.807) is 39.2 Å². The van der Waals surface area contributed by atoms with Crippen molar-refractivity contribution in [3.05, 3.63) is 59.3 Å². The molecule has 0 spiro atoms. The number of benzene rings is 2. The van der Waals surface area contributed by atoms with E-state index < -0.39 is 11.9 Å². The van der Waals surface area contributed by atoms with Crippen molar-refractivity contribution in [3.8, 4) is 5.75 Å².